The molecule has 0 aliphatic carbocycles. The zero-order valence-corrected chi connectivity index (χ0v) is 65.3. The van der Waals surface area contributed by atoms with Crippen molar-refractivity contribution in [3.05, 3.63) is 455 Å². The van der Waals surface area contributed by atoms with E-state index in [1.807, 2.05) is 0 Å². The van der Waals surface area contributed by atoms with Crippen LogP contribution in [0.25, 0.3) is 150 Å². The fourth-order valence-corrected chi connectivity index (χ4v) is 17.5. The van der Waals surface area contributed by atoms with Crippen molar-refractivity contribution < 1.29 is 0 Å². The number of rotatable bonds is 18. The highest BCUT2D eigenvalue weighted by atomic mass is 15.2. The van der Waals surface area contributed by atoms with E-state index in [1.54, 1.807) is 0 Å². The van der Waals surface area contributed by atoms with Crippen LogP contribution in [-0.2, 0) is 0 Å². The Balaban J connectivity index is 0.607. The fraction of sp³-hybridized carbons (Fsp3) is 0. The van der Waals surface area contributed by atoms with Gasteiger partial charge in [-0.05, 0) is 270 Å². The van der Waals surface area contributed by atoms with Gasteiger partial charge >= 0.3 is 0 Å². The number of hydrogen-bond acceptors (Lipinski definition) is 6. The Labute approximate surface area is 695 Å². The van der Waals surface area contributed by atoms with Crippen molar-refractivity contribution in [1.82, 2.24) is 28.7 Å². The lowest BCUT2D eigenvalue weighted by atomic mass is 10.0. The second-order valence-corrected chi connectivity index (χ2v) is 30.4. The highest BCUT2D eigenvalue weighted by Crippen LogP contribution is 2.44. The predicted octanol–water partition coefficient (Wildman–Crippen LogP) is 29.6. The maximum atomic E-state index is 5.40. The molecule has 0 N–H and O–H groups in total. The topological polar surface area (TPSA) is 63.2 Å². The van der Waals surface area contributed by atoms with Crippen LogP contribution in [0.4, 0.5) is 51.2 Å². The van der Waals surface area contributed by atoms with Gasteiger partial charge in [0.25, 0.3) is 0 Å². The predicted molar refractivity (Wildman–Crippen MR) is 500 cm³/mol. The van der Waals surface area contributed by atoms with E-state index < -0.39 is 0 Å². The first-order valence-corrected chi connectivity index (χ1v) is 40.7. The highest BCUT2D eigenvalue weighted by Gasteiger charge is 2.23. The summed E-state index contributed by atoms with van der Waals surface area (Å²) in [4.78, 5) is 23.1. The Kier molecular flexibility index (Phi) is 17.7. The number of benzene rings is 18. The molecule has 0 spiro atoms. The minimum Gasteiger partial charge on any atom is -0.311 e. The summed E-state index contributed by atoms with van der Waals surface area (Å²) >= 11 is 0. The maximum absolute atomic E-state index is 5.40. The standard InChI is InChI=1S/C111H75N9/c1-7-25-85(26-8-1)115(86-27-9-2-10-28-86)91-58-43-76(44-59-91)82-55-70-106-100(73-82)97-37-19-22-40-103(97)118(106)94-64-49-79(50-65-94)109-112-110(80-51-66-95(67-52-80)119-104-41-23-20-38-98(104)101-74-83(56-71-107(101)119)77-45-60-92(61-46-77)116(87-29-11-3-12-30-87)88-31-13-4-14-32-88)114-111(113-109)81-53-68-96(69-54-81)120-105-42-24-21-39-99(105)102-75-84(57-72-108(102)120)78-47-62-93(63-48-78)117(89-33-15-5-16-34-89)90-35-17-6-18-36-90/h1-75H. The maximum Gasteiger partial charge on any atom is 0.164 e. The molecule has 0 bridgehead atoms. The first kappa shape index (κ1) is 70.4. The van der Waals surface area contributed by atoms with E-state index in [0.29, 0.717) is 17.5 Å². The lowest BCUT2D eigenvalue weighted by Crippen LogP contribution is -2.09. The molecule has 0 saturated carbocycles. The van der Waals surface area contributed by atoms with E-state index in [4.69, 9.17) is 15.0 Å². The normalized spacial score (nSPS) is 11.5. The second-order valence-electron chi connectivity index (χ2n) is 30.4. The lowest BCUT2D eigenvalue weighted by molar-refractivity contribution is 1.07. The minimum atomic E-state index is 0.568. The van der Waals surface area contributed by atoms with Gasteiger partial charge in [0, 0.05) is 117 Å². The summed E-state index contributed by atoms with van der Waals surface area (Å²) in [5, 5.41) is 7.07. The summed E-state index contributed by atoms with van der Waals surface area (Å²) in [5.41, 5.74) is 29.2. The molecule has 9 nitrogen and oxygen atoms in total. The Bertz CT molecular complexity index is 6660. The van der Waals surface area contributed by atoms with Gasteiger partial charge in [-0.3, -0.25) is 0 Å². The van der Waals surface area contributed by atoms with Crippen molar-refractivity contribution in [2.24, 2.45) is 0 Å². The highest BCUT2D eigenvalue weighted by molar-refractivity contribution is 6.13. The van der Waals surface area contributed by atoms with Crippen LogP contribution < -0.4 is 14.7 Å². The van der Waals surface area contributed by atoms with Crippen LogP contribution in [-0.4, -0.2) is 28.7 Å². The summed E-state index contributed by atoms with van der Waals surface area (Å²) in [6.45, 7) is 0. The van der Waals surface area contributed by atoms with Crippen molar-refractivity contribution >= 4 is 117 Å². The van der Waals surface area contributed by atoms with Crippen LogP contribution in [0.5, 0.6) is 0 Å². The molecule has 22 rings (SSSR count). The van der Waals surface area contributed by atoms with Gasteiger partial charge in [0.1, 0.15) is 0 Å². The Morgan fingerprint density at radius 2 is 0.325 bits per heavy atom. The van der Waals surface area contributed by atoms with Gasteiger partial charge < -0.3 is 28.4 Å². The molecule has 0 aliphatic heterocycles. The number of para-hydroxylation sites is 9. The smallest absolute Gasteiger partial charge is 0.164 e. The molecule has 18 aromatic carbocycles. The average molecular weight is 1530 g/mol. The first-order valence-electron chi connectivity index (χ1n) is 40.7. The summed E-state index contributed by atoms with van der Waals surface area (Å²) in [5.74, 6) is 1.70. The van der Waals surface area contributed by atoms with Crippen LogP contribution in [0.2, 0.25) is 0 Å². The zero-order valence-electron chi connectivity index (χ0n) is 65.3. The Morgan fingerprint density at radius 1 is 0.142 bits per heavy atom. The zero-order chi connectivity index (χ0) is 79.4. The molecular weight excluding hydrogens is 1460 g/mol. The number of aromatic nitrogens is 6. The molecule has 120 heavy (non-hydrogen) atoms. The van der Waals surface area contributed by atoms with Gasteiger partial charge in [-0.25, -0.2) is 15.0 Å². The molecule has 4 heterocycles. The number of nitrogens with zero attached hydrogens (tertiary/aromatic N) is 9. The summed E-state index contributed by atoms with van der Waals surface area (Å²) in [6, 6.07) is 163. The van der Waals surface area contributed by atoms with E-state index in [0.717, 1.165) is 151 Å². The molecule has 0 atom stereocenters. The molecule has 9 heteroatoms. The second kappa shape index (κ2) is 30.2. The Hall–Kier alpha value is -16.2. The van der Waals surface area contributed by atoms with Gasteiger partial charge in [-0.1, -0.05) is 218 Å². The monoisotopic (exact) mass is 1530 g/mol. The molecule has 564 valence electrons. The number of fused-ring (bicyclic) bond motifs is 9. The molecule has 22 aromatic rings. The van der Waals surface area contributed by atoms with E-state index in [-0.39, 0.29) is 0 Å². The first-order chi connectivity index (χ1) is 59.5. The lowest BCUT2D eigenvalue weighted by Gasteiger charge is -2.25. The van der Waals surface area contributed by atoms with E-state index in [2.05, 4.69) is 483 Å². The van der Waals surface area contributed by atoms with Gasteiger partial charge in [0.15, 0.2) is 17.5 Å². The third-order valence-corrected chi connectivity index (χ3v) is 23.3. The summed E-state index contributed by atoms with van der Waals surface area (Å²) < 4.78 is 7.11. The van der Waals surface area contributed by atoms with E-state index >= 15 is 0 Å². The van der Waals surface area contributed by atoms with Crippen molar-refractivity contribution in [2.45, 2.75) is 0 Å². The summed E-state index contributed by atoms with van der Waals surface area (Å²) in [6.07, 6.45) is 0. The Morgan fingerprint density at radius 3 is 0.558 bits per heavy atom. The molecule has 0 amide bonds. The van der Waals surface area contributed by atoms with Crippen LogP contribution in [0.3, 0.4) is 0 Å². The third kappa shape index (κ3) is 12.8. The fourth-order valence-electron chi connectivity index (χ4n) is 17.5. The van der Waals surface area contributed by atoms with Gasteiger partial charge in [0.2, 0.25) is 0 Å². The SMILES string of the molecule is c1ccc(N(c2ccccc2)c2ccc(-c3ccc4c(c3)c3ccccc3n4-c3ccc(-c4nc(-c5ccc(-n6c7ccccc7c7cc(-c8ccc(N(c9ccccc9)c9ccccc9)cc8)ccc76)cc5)nc(-c5ccc(-n6c7ccccc7c7cc(-c8ccc(N(c9ccccc9)c9ccccc9)cc8)ccc76)cc5)n4)cc3)cc2)cc1. The number of hydrogen-bond donors (Lipinski definition) is 0. The quantitative estimate of drug-likeness (QED) is 0.0853. The average Bonchev–Trinajstić information content (AvgIpc) is 1.60. The largest absolute Gasteiger partial charge is 0.311 e. The van der Waals surface area contributed by atoms with Crippen LogP contribution >= 0.6 is 0 Å². The molecule has 4 aromatic heterocycles. The van der Waals surface area contributed by atoms with Gasteiger partial charge in [0.05, 0.1) is 33.1 Å². The number of anilines is 9. The molecule has 0 saturated heterocycles. The molecule has 0 fully saturated rings. The van der Waals surface area contributed by atoms with Crippen LogP contribution in [0, 0.1) is 0 Å². The van der Waals surface area contributed by atoms with Crippen molar-refractivity contribution in [3.63, 3.8) is 0 Å². The van der Waals surface area contributed by atoms with Crippen molar-refractivity contribution in [3.8, 4) is 84.6 Å². The summed E-state index contributed by atoms with van der Waals surface area (Å²) in [7, 11) is 0. The minimum absolute atomic E-state index is 0.568. The third-order valence-electron chi connectivity index (χ3n) is 23.3. The van der Waals surface area contributed by atoms with Crippen molar-refractivity contribution in [2.75, 3.05) is 14.7 Å². The molecule has 0 aliphatic rings. The molecule has 0 unspecified atom stereocenters. The van der Waals surface area contributed by atoms with Crippen LogP contribution in [0.1, 0.15) is 0 Å². The molecule has 0 radical (unpaired) electrons. The van der Waals surface area contributed by atoms with E-state index in [1.165, 1.54) is 32.3 Å². The van der Waals surface area contributed by atoms with Gasteiger partial charge in [-0.15, -0.1) is 0 Å². The molecular formula is C111H75N9. The van der Waals surface area contributed by atoms with E-state index in [9.17, 15) is 0 Å². The van der Waals surface area contributed by atoms with Gasteiger partial charge in [-0.2, -0.15) is 0 Å². The van der Waals surface area contributed by atoms with Crippen LogP contribution in [0.15, 0.2) is 455 Å². The van der Waals surface area contributed by atoms with Crippen molar-refractivity contribution in [1.29, 1.82) is 0 Å².